The number of benzene rings is 1. The monoisotopic (exact) mass is 458 g/mol. The molecule has 0 saturated carbocycles. The van der Waals surface area contributed by atoms with Crippen LogP contribution in [0.2, 0.25) is 5.02 Å². The van der Waals surface area contributed by atoms with E-state index in [9.17, 15) is 9.59 Å². The Morgan fingerprint density at radius 2 is 1.84 bits per heavy atom. The van der Waals surface area contributed by atoms with Crippen molar-refractivity contribution in [2.24, 2.45) is 14.1 Å². The summed E-state index contributed by atoms with van der Waals surface area (Å²) in [5, 5.41) is 5.77. The fraction of sp³-hybridized carbons (Fsp3) is 0.333. The van der Waals surface area contributed by atoms with Gasteiger partial charge in [0.15, 0.2) is 16.3 Å². The van der Waals surface area contributed by atoms with Crippen molar-refractivity contribution < 1.29 is 0 Å². The molecular weight excluding hydrogens is 436 g/mol. The Labute approximate surface area is 188 Å². The van der Waals surface area contributed by atoms with Crippen LogP contribution in [0.3, 0.4) is 0 Å². The van der Waals surface area contributed by atoms with Gasteiger partial charge in [-0.25, -0.2) is 9.78 Å². The molecule has 8 nitrogen and oxygen atoms in total. The van der Waals surface area contributed by atoms with E-state index in [1.165, 1.54) is 23.4 Å². The second-order valence-corrected chi connectivity index (χ2v) is 8.92. The lowest BCUT2D eigenvalue weighted by Gasteiger charge is -2.11. The van der Waals surface area contributed by atoms with Crippen LogP contribution < -0.4 is 11.2 Å². The van der Waals surface area contributed by atoms with Crippen molar-refractivity contribution in [2.45, 2.75) is 32.1 Å². The third-order valence-corrected chi connectivity index (χ3v) is 6.56. The van der Waals surface area contributed by atoms with Crippen LogP contribution in [0, 0.1) is 13.8 Å². The van der Waals surface area contributed by atoms with Crippen molar-refractivity contribution in [3.63, 3.8) is 0 Å². The fourth-order valence-corrected chi connectivity index (χ4v) is 4.71. The number of halogens is 1. The van der Waals surface area contributed by atoms with Crippen LogP contribution in [-0.2, 0) is 27.2 Å². The third kappa shape index (κ3) is 3.95. The molecule has 4 aromatic rings. The van der Waals surface area contributed by atoms with E-state index in [0.29, 0.717) is 40.2 Å². The van der Waals surface area contributed by atoms with E-state index < -0.39 is 5.69 Å². The van der Waals surface area contributed by atoms with Crippen LogP contribution in [0.15, 0.2) is 45.1 Å². The average Bonchev–Trinajstić information content (AvgIpc) is 3.26. The van der Waals surface area contributed by atoms with Crippen LogP contribution in [0.4, 0.5) is 0 Å². The van der Waals surface area contributed by atoms with Gasteiger partial charge in [-0.3, -0.25) is 18.6 Å². The van der Waals surface area contributed by atoms with Crippen molar-refractivity contribution in [2.75, 3.05) is 5.75 Å². The molecule has 10 heteroatoms. The predicted molar refractivity (Wildman–Crippen MR) is 123 cm³/mol. The number of imidazole rings is 1. The van der Waals surface area contributed by atoms with Crippen LogP contribution >= 0.6 is 23.4 Å². The van der Waals surface area contributed by atoms with Gasteiger partial charge >= 0.3 is 5.69 Å². The molecule has 0 amide bonds. The first-order valence-electron chi connectivity index (χ1n) is 9.81. The average molecular weight is 459 g/mol. The van der Waals surface area contributed by atoms with Gasteiger partial charge < -0.3 is 4.57 Å². The van der Waals surface area contributed by atoms with Crippen molar-refractivity contribution >= 4 is 34.5 Å². The predicted octanol–water partition coefficient (Wildman–Crippen LogP) is 2.74. The second kappa shape index (κ2) is 8.39. The zero-order valence-electron chi connectivity index (χ0n) is 17.8. The molecule has 3 heterocycles. The van der Waals surface area contributed by atoms with Crippen molar-refractivity contribution in [3.8, 4) is 0 Å². The van der Waals surface area contributed by atoms with E-state index in [2.05, 4.69) is 10.1 Å². The normalized spacial score (nSPS) is 11.5. The molecule has 0 aliphatic heterocycles. The summed E-state index contributed by atoms with van der Waals surface area (Å²) < 4.78 is 6.32. The summed E-state index contributed by atoms with van der Waals surface area (Å²) in [5.41, 5.74) is 2.93. The standard InChI is InChI=1S/C21H23ClN6O2S/c1-13-11-14(2)28(24-13)9-10-31-20-23-18-17(19(29)26(4)21(30)25(18)3)27(20)12-15-7-5-6-8-16(15)22/h5-8,11H,9-10,12H2,1-4H3. The summed E-state index contributed by atoms with van der Waals surface area (Å²) in [6, 6.07) is 9.55. The van der Waals surface area contributed by atoms with Gasteiger partial charge in [0.05, 0.1) is 18.8 Å². The summed E-state index contributed by atoms with van der Waals surface area (Å²) in [6.07, 6.45) is 0. The zero-order chi connectivity index (χ0) is 22.3. The molecule has 1 aromatic carbocycles. The SMILES string of the molecule is Cc1cc(C)n(CCSc2nc3c(c(=O)n(C)c(=O)n3C)n2Cc2ccccc2Cl)n1. The maximum Gasteiger partial charge on any atom is 0.332 e. The Hall–Kier alpha value is -2.78. The smallest absolute Gasteiger partial charge is 0.309 e. The number of rotatable bonds is 6. The number of thioether (sulfide) groups is 1. The molecule has 0 spiro atoms. The van der Waals surface area contributed by atoms with Crippen LogP contribution in [0.25, 0.3) is 11.2 Å². The van der Waals surface area contributed by atoms with E-state index in [0.717, 1.165) is 21.5 Å². The van der Waals surface area contributed by atoms with E-state index in [4.69, 9.17) is 11.6 Å². The first kappa shape index (κ1) is 21.5. The fourth-order valence-electron chi connectivity index (χ4n) is 3.61. The van der Waals surface area contributed by atoms with Gasteiger partial charge in [-0.1, -0.05) is 41.6 Å². The highest BCUT2D eigenvalue weighted by Crippen LogP contribution is 2.25. The van der Waals surface area contributed by atoms with Gasteiger partial charge in [0.2, 0.25) is 0 Å². The zero-order valence-corrected chi connectivity index (χ0v) is 19.4. The van der Waals surface area contributed by atoms with E-state index in [1.807, 2.05) is 53.4 Å². The van der Waals surface area contributed by atoms with Gasteiger partial charge in [-0.15, -0.1) is 0 Å². The first-order valence-corrected chi connectivity index (χ1v) is 11.2. The molecular formula is C21H23ClN6O2S. The molecule has 0 N–H and O–H groups in total. The number of aryl methyl sites for hydroxylation is 4. The Bertz CT molecular complexity index is 1400. The summed E-state index contributed by atoms with van der Waals surface area (Å²) in [5.74, 6) is 0.710. The second-order valence-electron chi connectivity index (χ2n) is 7.45. The molecule has 0 atom stereocenters. The number of fused-ring (bicyclic) bond motifs is 1. The van der Waals surface area contributed by atoms with Gasteiger partial charge in [0, 0.05) is 30.6 Å². The third-order valence-electron chi connectivity index (χ3n) is 5.24. The highest BCUT2D eigenvalue weighted by atomic mass is 35.5. The summed E-state index contributed by atoms with van der Waals surface area (Å²) in [7, 11) is 3.11. The van der Waals surface area contributed by atoms with Gasteiger partial charge in [-0.05, 0) is 31.5 Å². The molecule has 3 aromatic heterocycles. The topological polar surface area (TPSA) is 79.6 Å². The Kier molecular flexibility index (Phi) is 5.81. The lowest BCUT2D eigenvalue weighted by molar-refractivity contribution is 0.638. The molecule has 0 saturated heterocycles. The quantitative estimate of drug-likeness (QED) is 0.415. The van der Waals surface area contributed by atoms with Gasteiger partial charge in [0.1, 0.15) is 0 Å². The highest BCUT2D eigenvalue weighted by Gasteiger charge is 2.20. The van der Waals surface area contributed by atoms with Crippen LogP contribution in [-0.4, -0.2) is 34.2 Å². The molecule has 0 fully saturated rings. The van der Waals surface area contributed by atoms with E-state index >= 15 is 0 Å². The number of nitrogens with zero attached hydrogens (tertiary/aromatic N) is 6. The minimum atomic E-state index is -0.404. The molecule has 0 bridgehead atoms. The lowest BCUT2D eigenvalue weighted by Crippen LogP contribution is -2.37. The van der Waals surface area contributed by atoms with E-state index in [-0.39, 0.29) is 5.56 Å². The molecule has 4 rings (SSSR count). The van der Waals surface area contributed by atoms with Gasteiger partial charge in [-0.2, -0.15) is 5.10 Å². The summed E-state index contributed by atoms with van der Waals surface area (Å²) in [6.45, 7) is 5.08. The highest BCUT2D eigenvalue weighted by molar-refractivity contribution is 7.99. The molecule has 0 aliphatic rings. The Morgan fingerprint density at radius 1 is 1.10 bits per heavy atom. The Balaban J connectivity index is 1.77. The molecule has 0 unspecified atom stereocenters. The van der Waals surface area contributed by atoms with Crippen molar-refractivity contribution in [3.05, 3.63) is 73.1 Å². The van der Waals surface area contributed by atoms with Crippen LogP contribution in [0.5, 0.6) is 0 Å². The van der Waals surface area contributed by atoms with Crippen LogP contribution in [0.1, 0.15) is 17.0 Å². The summed E-state index contributed by atoms with van der Waals surface area (Å²) in [4.78, 5) is 30.1. The molecule has 0 radical (unpaired) electrons. The first-order chi connectivity index (χ1) is 14.8. The maximum atomic E-state index is 13.0. The number of hydrogen-bond acceptors (Lipinski definition) is 5. The lowest BCUT2D eigenvalue weighted by atomic mass is 10.2. The van der Waals surface area contributed by atoms with Crippen molar-refractivity contribution in [1.29, 1.82) is 0 Å². The van der Waals surface area contributed by atoms with Gasteiger partial charge in [0.25, 0.3) is 5.56 Å². The maximum absolute atomic E-state index is 13.0. The molecule has 0 aliphatic carbocycles. The molecule has 31 heavy (non-hydrogen) atoms. The summed E-state index contributed by atoms with van der Waals surface area (Å²) >= 11 is 7.91. The number of aromatic nitrogens is 6. The molecule has 162 valence electrons. The number of hydrogen-bond donors (Lipinski definition) is 0. The van der Waals surface area contributed by atoms with E-state index in [1.54, 1.807) is 7.05 Å². The Morgan fingerprint density at radius 3 is 2.52 bits per heavy atom. The minimum Gasteiger partial charge on any atom is -0.309 e. The largest absolute Gasteiger partial charge is 0.332 e. The minimum absolute atomic E-state index is 0.369. The van der Waals surface area contributed by atoms with Crippen molar-refractivity contribution in [1.82, 2.24) is 28.5 Å².